The van der Waals surface area contributed by atoms with Crippen LogP contribution in [0.1, 0.15) is 38.5 Å². The Morgan fingerprint density at radius 1 is 1.24 bits per heavy atom. The van der Waals surface area contributed by atoms with Crippen LogP contribution in [-0.4, -0.2) is 57.7 Å². The fourth-order valence-electron chi connectivity index (χ4n) is 4.18. The van der Waals surface area contributed by atoms with Gasteiger partial charge < -0.3 is 10.4 Å². The van der Waals surface area contributed by atoms with Crippen LogP contribution in [0.3, 0.4) is 0 Å². The fraction of sp³-hybridized carbons (Fsp3) is 0.550. The molecule has 1 aliphatic heterocycles. The van der Waals surface area contributed by atoms with E-state index in [-0.39, 0.29) is 24.1 Å². The minimum Gasteiger partial charge on any atom is -0.508 e. The van der Waals surface area contributed by atoms with Crippen LogP contribution in [0.25, 0.3) is 0 Å². The normalized spacial score (nSPS) is 20.4. The van der Waals surface area contributed by atoms with Gasteiger partial charge in [0.05, 0.1) is 12.5 Å². The molecular weight excluding hydrogens is 376 g/mol. The number of nitrogens with zero attached hydrogens (tertiary/aromatic N) is 2. The maximum Gasteiger partial charge on any atom is 0.248 e. The van der Waals surface area contributed by atoms with Gasteiger partial charge in [-0.1, -0.05) is 25.7 Å². The number of carbonyl (C=O) groups excluding carboxylic acids is 3. The zero-order valence-corrected chi connectivity index (χ0v) is 16.3. The molecule has 2 atom stereocenters. The van der Waals surface area contributed by atoms with Crippen molar-refractivity contribution in [2.45, 2.75) is 44.6 Å². The SMILES string of the molecule is O=CN(O)C[C@@H](CC1CCCC1)C(=O)N1NCC[C@H]1C(=O)Nc1ccc(O)cc1. The molecule has 3 rings (SSSR count). The number of rotatable bonds is 8. The van der Waals surface area contributed by atoms with Crippen molar-refractivity contribution in [2.75, 3.05) is 18.4 Å². The van der Waals surface area contributed by atoms with E-state index in [1.165, 1.54) is 17.1 Å². The molecule has 0 bridgehead atoms. The summed E-state index contributed by atoms with van der Waals surface area (Å²) in [6, 6.07) is 5.42. The molecule has 4 N–H and O–H groups in total. The lowest BCUT2D eigenvalue weighted by atomic mass is 9.92. The summed E-state index contributed by atoms with van der Waals surface area (Å²) >= 11 is 0. The molecular formula is C20H28N4O5. The first-order valence-corrected chi connectivity index (χ1v) is 10.0. The first-order chi connectivity index (χ1) is 14.0. The second-order valence-electron chi connectivity index (χ2n) is 7.77. The molecule has 2 fully saturated rings. The van der Waals surface area contributed by atoms with E-state index in [0.717, 1.165) is 25.7 Å². The maximum absolute atomic E-state index is 13.2. The van der Waals surface area contributed by atoms with E-state index < -0.39 is 12.0 Å². The topological polar surface area (TPSA) is 122 Å². The summed E-state index contributed by atoms with van der Waals surface area (Å²) in [6.07, 6.45) is 5.66. The van der Waals surface area contributed by atoms with Crippen LogP contribution in [0.4, 0.5) is 5.69 Å². The second kappa shape index (κ2) is 9.71. The molecule has 29 heavy (non-hydrogen) atoms. The monoisotopic (exact) mass is 404 g/mol. The average Bonchev–Trinajstić information content (AvgIpc) is 3.40. The number of hydrogen-bond donors (Lipinski definition) is 4. The number of benzene rings is 1. The van der Waals surface area contributed by atoms with E-state index in [4.69, 9.17) is 0 Å². The van der Waals surface area contributed by atoms with Crippen molar-refractivity contribution in [3.8, 4) is 5.75 Å². The minimum absolute atomic E-state index is 0.0939. The Morgan fingerprint density at radius 3 is 2.59 bits per heavy atom. The van der Waals surface area contributed by atoms with Crippen molar-refractivity contribution < 1.29 is 24.7 Å². The molecule has 158 valence electrons. The lowest BCUT2D eigenvalue weighted by molar-refractivity contribution is -0.159. The van der Waals surface area contributed by atoms with Gasteiger partial charge in [-0.2, -0.15) is 0 Å². The first kappa shape index (κ1) is 21.1. The first-order valence-electron chi connectivity index (χ1n) is 10.0. The number of hydroxylamine groups is 2. The molecule has 0 aromatic heterocycles. The zero-order chi connectivity index (χ0) is 20.8. The Morgan fingerprint density at radius 2 is 1.93 bits per heavy atom. The standard InChI is InChI=1S/C20H28N4O5/c25-13-23(29)12-15(11-14-3-1-2-4-14)20(28)24-18(9-10-21-24)19(27)22-16-5-7-17(26)8-6-16/h5-8,13-15,18,21,26,29H,1-4,9-12H2,(H,22,27)/t15-,18+/m1/s1. The number of phenols is 1. The van der Waals surface area contributed by atoms with Crippen LogP contribution < -0.4 is 10.7 Å². The van der Waals surface area contributed by atoms with Gasteiger partial charge in [-0.3, -0.25) is 24.6 Å². The number of anilines is 1. The van der Waals surface area contributed by atoms with Gasteiger partial charge in [-0.25, -0.2) is 10.5 Å². The summed E-state index contributed by atoms with van der Waals surface area (Å²) in [5.41, 5.74) is 3.50. The van der Waals surface area contributed by atoms with Crippen LogP contribution in [0.15, 0.2) is 24.3 Å². The van der Waals surface area contributed by atoms with E-state index in [1.807, 2.05) is 0 Å². The molecule has 0 radical (unpaired) electrons. The third-order valence-electron chi connectivity index (χ3n) is 5.66. The highest BCUT2D eigenvalue weighted by atomic mass is 16.5. The largest absolute Gasteiger partial charge is 0.508 e. The van der Waals surface area contributed by atoms with Gasteiger partial charge in [-0.15, -0.1) is 0 Å². The number of nitrogens with one attached hydrogen (secondary N) is 2. The summed E-state index contributed by atoms with van der Waals surface area (Å²) in [5.74, 6) is -0.717. The molecule has 0 spiro atoms. The van der Waals surface area contributed by atoms with Crippen LogP contribution in [0, 0.1) is 11.8 Å². The van der Waals surface area contributed by atoms with Gasteiger partial charge in [0.25, 0.3) is 0 Å². The zero-order valence-electron chi connectivity index (χ0n) is 16.3. The number of hydrogen-bond acceptors (Lipinski definition) is 6. The summed E-state index contributed by atoms with van der Waals surface area (Å²) in [7, 11) is 0. The molecule has 1 aliphatic carbocycles. The van der Waals surface area contributed by atoms with Crippen molar-refractivity contribution in [3.05, 3.63) is 24.3 Å². The fourth-order valence-corrected chi connectivity index (χ4v) is 4.18. The van der Waals surface area contributed by atoms with Gasteiger partial charge in [0, 0.05) is 12.2 Å². The number of phenolic OH excluding ortho intramolecular Hbond substituents is 1. The molecule has 1 aromatic rings. The van der Waals surface area contributed by atoms with Crippen molar-refractivity contribution >= 4 is 23.9 Å². The van der Waals surface area contributed by atoms with Crippen LogP contribution >= 0.6 is 0 Å². The molecule has 0 unspecified atom stereocenters. The van der Waals surface area contributed by atoms with Crippen molar-refractivity contribution in [3.63, 3.8) is 0 Å². The molecule has 1 saturated heterocycles. The lowest BCUT2D eigenvalue weighted by Crippen LogP contribution is -2.51. The van der Waals surface area contributed by atoms with E-state index in [2.05, 4.69) is 10.7 Å². The number of aromatic hydroxyl groups is 1. The number of carbonyl (C=O) groups is 3. The predicted molar refractivity (Wildman–Crippen MR) is 105 cm³/mol. The molecule has 1 aromatic carbocycles. The molecule has 9 nitrogen and oxygen atoms in total. The van der Waals surface area contributed by atoms with E-state index >= 15 is 0 Å². The molecule has 1 heterocycles. The Hall–Kier alpha value is -2.65. The maximum atomic E-state index is 13.2. The number of amides is 3. The van der Waals surface area contributed by atoms with Crippen molar-refractivity contribution in [1.29, 1.82) is 0 Å². The summed E-state index contributed by atoms with van der Waals surface area (Å²) in [5, 5.41) is 23.6. The van der Waals surface area contributed by atoms with E-state index in [0.29, 0.717) is 42.5 Å². The Bertz CT molecular complexity index is 720. The molecule has 1 saturated carbocycles. The Labute approximate surface area is 169 Å². The Kier molecular flexibility index (Phi) is 7.05. The second-order valence-corrected chi connectivity index (χ2v) is 7.77. The highest BCUT2D eigenvalue weighted by Crippen LogP contribution is 2.31. The third-order valence-corrected chi connectivity index (χ3v) is 5.66. The lowest BCUT2D eigenvalue weighted by Gasteiger charge is -2.30. The molecule has 2 aliphatic rings. The summed E-state index contributed by atoms with van der Waals surface area (Å²) in [4.78, 5) is 36.8. The van der Waals surface area contributed by atoms with Gasteiger partial charge in [0.2, 0.25) is 18.2 Å². The number of hydrazine groups is 1. The van der Waals surface area contributed by atoms with E-state index in [9.17, 15) is 24.7 Å². The smallest absolute Gasteiger partial charge is 0.248 e. The Balaban J connectivity index is 1.68. The summed E-state index contributed by atoms with van der Waals surface area (Å²) in [6.45, 7) is 0.384. The minimum atomic E-state index is -0.689. The highest BCUT2D eigenvalue weighted by molar-refractivity contribution is 5.97. The van der Waals surface area contributed by atoms with Crippen molar-refractivity contribution in [2.24, 2.45) is 11.8 Å². The quantitative estimate of drug-likeness (QED) is 0.225. The van der Waals surface area contributed by atoms with Gasteiger partial charge in [0.1, 0.15) is 11.8 Å². The average molecular weight is 404 g/mol. The van der Waals surface area contributed by atoms with Gasteiger partial charge in [-0.05, 0) is 43.0 Å². The van der Waals surface area contributed by atoms with Gasteiger partial charge >= 0.3 is 0 Å². The molecule has 9 heteroatoms. The van der Waals surface area contributed by atoms with Gasteiger partial charge in [0.15, 0.2) is 0 Å². The summed E-state index contributed by atoms with van der Waals surface area (Å²) < 4.78 is 0. The van der Waals surface area contributed by atoms with Crippen LogP contribution in [0.2, 0.25) is 0 Å². The van der Waals surface area contributed by atoms with Crippen molar-refractivity contribution in [1.82, 2.24) is 15.5 Å². The predicted octanol–water partition coefficient (Wildman–Crippen LogP) is 1.48. The van der Waals surface area contributed by atoms with E-state index in [1.54, 1.807) is 12.1 Å². The molecule has 3 amide bonds. The van der Waals surface area contributed by atoms with Crippen LogP contribution in [-0.2, 0) is 14.4 Å². The highest BCUT2D eigenvalue weighted by Gasteiger charge is 2.38. The van der Waals surface area contributed by atoms with Crippen LogP contribution in [0.5, 0.6) is 5.75 Å². The third kappa shape index (κ3) is 5.45.